The van der Waals surface area contributed by atoms with Gasteiger partial charge in [-0.3, -0.25) is 4.79 Å². The molecule has 2 unspecified atom stereocenters. The zero-order valence-electron chi connectivity index (χ0n) is 18.2. The maximum atomic E-state index is 13.4. The van der Waals surface area contributed by atoms with E-state index in [1.54, 1.807) is 24.3 Å². The number of allylic oxidation sites excluding steroid dienone is 2. The summed E-state index contributed by atoms with van der Waals surface area (Å²) < 4.78 is 29.2. The van der Waals surface area contributed by atoms with Crippen molar-refractivity contribution in [2.24, 2.45) is 5.92 Å². The number of Topliss-reactive ketones (excluding diaryl/α,β-unsaturated/α-hetero) is 1. The van der Waals surface area contributed by atoms with Gasteiger partial charge >= 0.3 is 0 Å². The van der Waals surface area contributed by atoms with E-state index >= 15 is 0 Å². The predicted molar refractivity (Wildman–Crippen MR) is 121 cm³/mol. The summed E-state index contributed by atoms with van der Waals surface area (Å²) in [5.41, 5.74) is 4.42. The first-order valence-electron chi connectivity index (χ1n) is 10.8. The van der Waals surface area contributed by atoms with Crippen LogP contribution in [-0.2, 0) is 10.0 Å². The summed E-state index contributed by atoms with van der Waals surface area (Å²) in [6.45, 7) is 8.14. The van der Waals surface area contributed by atoms with Gasteiger partial charge in [0.15, 0.2) is 5.78 Å². The van der Waals surface area contributed by atoms with Crippen molar-refractivity contribution in [3.05, 3.63) is 76.4 Å². The highest BCUT2D eigenvalue weighted by atomic mass is 32.2. The monoisotopic (exact) mass is 425 g/mol. The van der Waals surface area contributed by atoms with E-state index in [0.29, 0.717) is 18.4 Å². The lowest BCUT2D eigenvalue weighted by molar-refractivity contribution is 0.102. The van der Waals surface area contributed by atoms with E-state index in [-0.39, 0.29) is 16.6 Å². The Bertz CT molecular complexity index is 1050. The lowest BCUT2D eigenvalue weighted by atomic mass is 9.77. The minimum atomic E-state index is -3.72. The third kappa shape index (κ3) is 4.42. The van der Waals surface area contributed by atoms with Gasteiger partial charge in [0.1, 0.15) is 0 Å². The molecule has 0 heterocycles. The SMILES string of the molecule is CCC1=C(CC)C(CC)CC(NS(=O)(=O)c2ccc(C)cc2)c2ccccc2C1=O. The van der Waals surface area contributed by atoms with Crippen molar-refractivity contribution in [3.63, 3.8) is 0 Å². The molecule has 0 spiro atoms. The number of carbonyl (C=O) groups is 1. The molecule has 0 fully saturated rings. The van der Waals surface area contributed by atoms with Gasteiger partial charge in [0.05, 0.1) is 4.90 Å². The van der Waals surface area contributed by atoms with Gasteiger partial charge in [-0.25, -0.2) is 13.1 Å². The summed E-state index contributed by atoms with van der Waals surface area (Å²) in [6.07, 6.45) is 2.99. The van der Waals surface area contributed by atoms with Crippen LogP contribution in [0.5, 0.6) is 0 Å². The van der Waals surface area contributed by atoms with Gasteiger partial charge in [0, 0.05) is 11.6 Å². The van der Waals surface area contributed by atoms with E-state index in [0.717, 1.165) is 29.5 Å². The number of aryl methyl sites for hydroxylation is 1. The zero-order chi connectivity index (χ0) is 21.9. The maximum absolute atomic E-state index is 13.4. The van der Waals surface area contributed by atoms with Crippen molar-refractivity contribution in [1.29, 1.82) is 0 Å². The third-order valence-electron chi connectivity index (χ3n) is 6.11. The molecule has 2 aromatic carbocycles. The number of benzene rings is 2. The standard InChI is InChI=1S/C25H31NO3S/c1-5-18-16-24(26-30(28,29)19-14-12-17(4)13-15-19)22-10-8-9-11-23(22)25(27)21(7-3)20(18)6-2/h8-15,18,24,26H,5-7,16H2,1-4H3. The van der Waals surface area contributed by atoms with Gasteiger partial charge < -0.3 is 0 Å². The molecule has 160 valence electrons. The first kappa shape index (κ1) is 22.4. The molecular formula is C25H31NO3S. The van der Waals surface area contributed by atoms with Crippen molar-refractivity contribution < 1.29 is 13.2 Å². The second-order valence-electron chi connectivity index (χ2n) is 7.96. The highest BCUT2D eigenvalue weighted by Crippen LogP contribution is 2.38. The van der Waals surface area contributed by atoms with E-state index in [4.69, 9.17) is 0 Å². The number of ketones is 1. The van der Waals surface area contributed by atoms with Crippen molar-refractivity contribution >= 4 is 15.8 Å². The molecule has 0 saturated carbocycles. The first-order chi connectivity index (χ1) is 14.3. The number of rotatable bonds is 6. The van der Waals surface area contributed by atoms with E-state index in [9.17, 15) is 13.2 Å². The molecule has 0 aromatic heterocycles. The highest BCUT2D eigenvalue weighted by Gasteiger charge is 2.32. The summed E-state index contributed by atoms with van der Waals surface area (Å²) >= 11 is 0. The van der Waals surface area contributed by atoms with Crippen molar-refractivity contribution in [1.82, 2.24) is 4.72 Å². The van der Waals surface area contributed by atoms with Crippen LogP contribution >= 0.6 is 0 Å². The summed E-state index contributed by atoms with van der Waals surface area (Å²) in [6, 6.07) is 13.8. The number of sulfonamides is 1. The Morgan fingerprint density at radius 3 is 2.23 bits per heavy atom. The van der Waals surface area contributed by atoms with Crippen LogP contribution in [0.1, 0.15) is 74.0 Å². The van der Waals surface area contributed by atoms with E-state index < -0.39 is 16.1 Å². The Morgan fingerprint density at radius 2 is 1.63 bits per heavy atom. The average Bonchev–Trinajstić information content (AvgIpc) is 2.74. The van der Waals surface area contributed by atoms with E-state index in [1.807, 2.05) is 38.1 Å². The lowest BCUT2D eigenvalue weighted by Crippen LogP contribution is -2.33. The molecular weight excluding hydrogens is 394 g/mol. The summed E-state index contributed by atoms with van der Waals surface area (Å²) in [5, 5.41) is 0. The molecule has 5 heteroatoms. The van der Waals surface area contributed by atoms with Gasteiger partial charge in [-0.15, -0.1) is 0 Å². The fourth-order valence-electron chi connectivity index (χ4n) is 4.50. The van der Waals surface area contributed by atoms with Crippen LogP contribution in [0, 0.1) is 12.8 Å². The molecule has 0 saturated heterocycles. The zero-order valence-corrected chi connectivity index (χ0v) is 19.1. The maximum Gasteiger partial charge on any atom is 0.241 e. The molecule has 1 N–H and O–H groups in total. The molecule has 0 radical (unpaired) electrons. The van der Waals surface area contributed by atoms with Gasteiger partial charge in [-0.05, 0) is 61.8 Å². The summed E-state index contributed by atoms with van der Waals surface area (Å²) in [7, 11) is -3.72. The van der Waals surface area contributed by atoms with Crippen LogP contribution in [0.15, 0.2) is 64.6 Å². The quantitative estimate of drug-likeness (QED) is 0.641. The number of hydrogen-bond donors (Lipinski definition) is 1. The normalized spacial score (nSPS) is 19.9. The Labute approximate surface area is 180 Å². The summed E-state index contributed by atoms with van der Waals surface area (Å²) in [4.78, 5) is 13.7. The number of nitrogens with one attached hydrogen (secondary N) is 1. The van der Waals surface area contributed by atoms with Gasteiger partial charge in [0.2, 0.25) is 10.0 Å². The molecule has 1 aliphatic carbocycles. The summed E-state index contributed by atoms with van der Waals surface area (Å²) in [5.74, 6) is 0.190. The van der Waals surface area contributed by atoms with Gasteiger partial charge in [0.25, 0.3) is 0 Å². The van der Waals surface area contributed by atoms with Crippen LogP contribution in [0.3, 0.4) is 0 Å². The molecule has 1 aliphatic rings. The number of fused-ring (bicyclic) bond motifs is 1. The number of hydrogen-bond acceptors (Lipinski definition) is 3. The van der Waals surface area contributed by atoms with E-state index in [1.165, 1.54) is 5.57 Å². The van der Waals surface area contributed by atoms with Crippen molar-refractivity contribution in [3.8, 4) is 0 Å². The minimum Gasteiger partial charge on any atom is -0.289 e. The second-order valence-corrected chi connectivity index (χ2v) is 9.67. The molecule has 30 heavy (non-hydrogen) atoms. The molecule has 0 bridgehead atoms. The molecule has 4 nitrogen and oxygen atoms in total. The molecule has 2 aromatic rings. The Kier molecular flexibility index (Phi) is 6.94. The highest BCUT2D eigenvalue weighted by molar-refractivity contribution is 7.89. The Hall–Kier alpha value is -2.24. The topological polar surface area (TPSA) is 63.2 Å². The number of carbonyl (C=O) groups excluding carboxylic acids is 1. The first-order valence-corrected chi connectivity index (χ1v) is 12.2. The predicted octanol–water partition coefficient (Wildman–Crippen LogP) is 5.74. The van der Waals surface area contributed by atoms with Crippen molar-refractivity contribution in [2.75, 3.05) is 0 Å². The third-order valence-corrected chi connectivity index (χ3v) is 7.60. The molecule has 2 atom stereocenters. The van der Waals surface area contributed by atoms with Crippen LogP contribution in [0.2, 0.25) is 0 Å². The van der Waals surface area contributed by atoms with Crippen LogP contribution in [0.4, 0.5) is 0 Å². The fraction of sp³-hybridized carbons (Fsp3) is 0.400. The van der Waals surface area contributed by atoms with Gasteiger partial charge in [-0.2, -0.15) is 0 Å². The van der Waals surface area contributed by atoms with Crippen LogP contribution in [-0.4, -0.2) is 14.2 Å². The lowest BCUT2D eigenvalue weighted by Gasteiger charge is -2.31. The van der Waals surface area contributed by atoms with Crippen LogP contribution in [0.25, 0.3) is 0 Å². The Morgan fingerprint density at radius 1 is 0.967 bits per heavy atom. The largest absolute Gasteiger partial charge is 0.289 e. The molecule has 0 aliphatic heterocycles. The van der Waals surface area contributed by atoms with Crippen LogP contribution < -0.4 is 4.72 Å². The fourth-order valence-corrected chi connectivity index (χ4v) is 5.73. The average molecular weight is 426 g/mol. The molecule has 3 rings (SSSR count). The van der Waals surface area contributed by atoms with Crippen molar-refractivity contribution in [2.45, 2.75) is 64.3 Å². The van der Waals surface area contributed by atoms with Gasteiger partial charge in [-0.1, -0.05) is 68.3 Å². The Balaban J connectivity index is 2.11. The van der Waals surface area contributed by atoms with E-state index in [2.05, 4.69) is 18.6 Å². The second kappa shape index (κ2) is 9.27. The molecule has 0 amide bonds. The smallest absolute Gasteiger partial charge is 0.241 e. The minimum absolute atomic E-state index is 0.0302.